The van der Waals surface area contributed by atoms with Crippen LogP contribution in [-0.4, -0.2) is 23.5 Å². The van der Waals surface area contributed by atoms with Crippen LogP contribution in [-0.2, 0) is 6.18 Å². The summed E-state index contributed by atoms with van der Waals surface area (Å²) in [5, 5.41) is 3.34. The normalized spacial score (nSPS) is 22.3. The fourth-order valence-electron chi connectivity index (χ4n) is 2.42. The standard InChI is InChI=1S/C14H15BrF3NOS/c1-21-10-4-3-9(7-10)19-13(20)11-6-8(14(16,17)18)2-5-12(11)15/h2,5-6,9-10H,3-4,7H2,1H3,(H,19,20). The molecule has 1 N–H and O–H groups in total. The van der Waals surface area contributed by atoms with Crippen LogP contribution in [0.3, 0.4) is 0 Å². The number of rotatable bonds is 3. The second-order valence-corrected chi connectivity index (χ2v) is 7.03. The fraction of sp³-hybridized carbons (Fsp3) is 0.500. The number of hydrogen-bond donors (Lipinski definition) is 1. The third-order valence-electron chi connectivity index (χ3n) is 3.59. The Labute approximate surface area is 134 Å². The molecule has 0 heterocycles. The Morgan fingerprint density at radius 3 is 2.67 bits per heavy atom. The maximum atomic E-state index is 12.7. The van der Waals surface area contributed by atoms with Gasteiger partial charge in [-0.05, 0) is 59.6 Å². The van der Waals surface area contributed by atoms with Gasteiger partial charge in [0.25, 0.3) is 5.91 Å². The average molecular weight is 382 g/mol. The van der Waals surface area contributed by atoms with Gasteiger partial charge in [0.2, 0.25) is 0 Å². The maximum Gasteiger partial charge on any atom is 0.416 e. The van der Waals surface area contributed by atoms with Gasteiger partial charge in [0.15, 0.2) is 0 Å². The minimum absolute atomic E-state index is 0.0254. The molecule has 0 aromatic heterocycles. The lowest BCUT2D eigenvalue weighted by Crippen LogP contribution is -2.33. The van der Waals surface area contributed by atoms with E-state index in [0.29, 0.717) is 9.72 Å². The molecule has 7 heteroatoms. The highest BCUT2D eigenvalue weighted by Gasteiger charge is 2.32. The lowest BCUT2D eigenvalue weighted by molar-refractivity contribution is -0.137. The Bertz CT molecular complexity index is 535. The summed E-state index contributed by atoms with van der Waals surface area (Å²) >= 11 is 4.90. The van der Waals surface area contributed by atoms with Gasteiger partial charge in [0.1, 0.15) is 0 Å². The zero-order chi connectivity index (χ0) is 15.6. The Balaban J connectivity index is 2.12. The minimum Gasteiger partial charge on any atom is -0.349 e. The molecule has 2 rings (SSSR count). The van der Waals surface area contributed by atoms with Crippen LogP contribution in [0.4, 0.5) is 13.2 Å². The van der Waals surface area contributed by atoms with Gasteiger partial charge in [-0.25, -0.2) is 0 Å². The summed E-state index contributed by atoms with van der Waals surface area (Å²) in [5.41, 5.74) is -0.790. The summed E-state index contributed by atoms with van der Waals surface area (Å²) in [6.07, 6.45) is 0.332. The predicted molar refractivity (Wildman–Crippen MR) is 81.6 cm³/mol. The van der Waals surface area contributed by atoms with Crippen molar-refractivity contribution in [3.63, 3.8) is 0 Å². The predicted octanol–water partition coefficient (Wildman–Crippen LogP) is 4.48. The molecular weight excluding hydrogens is 367 g/mol. The third kappa shape index (κ3) is 4.16. The van der Waals surface area contributed by atoms with E-state index in [1.165, 1.54) is 6.07 Å². The lowest BCUT2D eigenvalue weighted by atomic mass is 10.1. The molecule has 0 radical (unpaired) electrons. The molecule has 1 saturated carbocycles. The maximum absolute atomic E-state index is 12.7. The third-order valence-corrected chi connectivity index (χ3v) is 5.38. The van der Waals surface area contributed by atoms with Crippen molar-refractivity contribution >= 4 is 33.6 Å². The molecule has 1 aliphatic rings. The molecule has 2 atom stereocenters. The number of alkyl halides is 3. The number of benzene rings is 1. The molecule has 2 unspecified atom stereocenters. The van der Waals surface area contributed by atoms with E-state index in [2.05, 4.69) is 21.2 Å². The molecule has 1 aromatic rings. The molecular formula is C14H15BrF3NOS. The summed E-state index contributed by atoms with van der Waals surface area (Å²) in [6, 6.07) is 3.15. The SMILES string of the molecule is CSC1CCC(NC(=O)c2cc(C(F)(F)F)ccc2Br)C1. The number of nitrogens with one attached hydrogen (secondary N) is 1. The number of thioether (sulfide) groups is 1. The van der Waals surface area contributed by atoms with Gasteiger partial charge in [-0.1, -0.05) is 0 Å². The van der Waals surface area contributed by atoms with Gasteiger partial charge in [-0.2, -0.15) is 24.9 Å². The molecule has 0 spiro atoms. The van der Waals surface area contributed by atoms with Crippen molar-refractivity contribution in [2.45, 2.75) is 36.7 Å². The lowest BCUT2D eigenvalue weighted by Gasteiger charge is -2.15. The second-order valence-electron chi connectivity index (χ2n) is 5.03. The van der Waals surface area contributed by atoms with Crippen molar-refractivity contribution in [3.05, 3.63) is 33.8 Å². The molecule has 0 bridgehead atoms. The summed E-state index contributed by atoms with van der Waals surface area (Å²) in [5.74, 6) is -0.459. The first kappa shape index (κ1) is 16.7. The highest BCUT2D eigenvalue weighted by molar-refractivity contribution is 9.10. The Morgan fingerprint density at radius 1 is 1.38 bits per heavy atom. The topological polar surface area (TPSA) is 29.1 Å². The molecule has 1 aliphatic carbocycles. The van der Waals surface area contributed by atoms with Crippen LogP contribution < -0.4 is 5.32 Å². The Kier molecular flexibility index (Phi) is 5.24. The van der Waals surface area contributed by atoms with E-state index in [1.807, 2.05) is 6.26 Å². The molecule has 0 aliphatic heterocycles. The van der Waals surface area contributed by atoms with Crippen molar-refractivity contribution in [3.8, 4) is 0 Å². The van der Waals surface area contributed by atoms with Crippen molar-refractivity contribution in [1.82, 2.24) is 5.32 Å². The van der Waals surface area contributed by atoms with E-state index in [9.17, 15) is 18.0 Å². The fourth-order valence-corrected chi connectivity index (χ4v) is 3.65. The van der Waals surface area contributed by atoms with E-state index in [1.54, 1.807) is 11.8 Å². The van der Waals surface area contributed by atoms with E-state index in [-0.39, 0.29) is 11.6 Å². The van der Waals surface area contributed by atoms with Crippen LogP contribution in [0.1, 0.15) is 35.2 Å². The molecule has 1 fully saturated rings. The molecule has 1 amide bonds. The number of hydrogen-bond acceptors (Lipinski definition) is 2. The second kappa shape index (κ2) is 6.60. The van der Waals surface area contributed by atoms with Crippen LogP contribution in [0, 0.1) is 0 Å². The minimum atomic E-state index is -4.45. The summed E-state index contributed by atoms with van der Waals surface area (Å²) in [4.78, 5) is 12.2. The number of halogens is 4. The van der Waals surface area contributed by atoms with Crippen LogP contribution in [0.25, 0.3) is 0 Å². The largest absolute Gasteiger partial charge is 0.416 e. The van der Waals surface area contributed by atoms with Crippen LogP contribution in [0.15, 0.2) is 22.7 Å². The van der Waals surface area contributed by atoms with Crippen LogP contribution in [0.2, 0.25) is 0 Å². The van der Waals surface area contributed by atoms with Crippen molar-refractivity contribution in [1.29, 1.82) is 0 Å². The molecule has 1 aromatic carbocycles. The number of carbonyl (C=O) groups excluding carboxylic acids is 1. The monoisotopic (exact) mass is 381 g/mol. The number of amides is 1. The van der Waals surface area contributed by atoms with Crippen molar-refractivity contribution in [2.75, 3.05) is 6.26 Å². The van der Waals surface area contributed by atoms with Gasteiger partial charge in [0, 0.05) is 15.8 Å². The smallest absolute Gasteiger partial charge is 0.349 e. The van der Waals surface area contributed by atoms with Crippen LogP contribution in [0.5, 0.6) is 0 Å². The quantitative estimate of drug-likeness (QED) is 0.835. The van der Waals surface area contributed by atoms with E-state index < -0.39 is 17.6 Å². The van der Waals surface area contributed by atoms with E-state index in [4.69, 9.17) is 0 Å². The molecule has 2 nitrogen and oxygen atoms in total. The summed E-state index contributed by atoms with van der Waals surface area (Å²) in [7, 11) is 0. The average Bonchev–Trinajstić information content (AvgIpc) is 2.85. The highest BCUT2D eigenvalue weighted by Crippen LogP contribution is 2.32. The highest BCUT2D eigenvalue weighted by atomic mass is 79.9. The zero-order valence-electron chi connectivity index (χ0n) is 11.3. The number of carbonyl (C=O) groups is 1. The Morgan fingerprint density at radius 2 is 2.10 bits per heavy atom. The summed E-state index contributed by atoms with van der Waals surface area (Å²) in [6.45, 7) is 0. The van der Waals surface area contributed by atoms with Gasteiger partial charge in [-0.15, -0.1) is 0 Å². The van der Waals surface area contributed by atoms with Crippen molar-refractivity contribution < 1.29 is 18.0 Å². The van der Waals surface area contributed by atoms with Crippen molar-refractivity contribution in [2.24, 2.45) is 0 Å². The van der Waals surface area contributed by atoms with Gasteiger partial charge >= 0.3 is 6.18 Å². The summed E-state index contributed by atoms with van der Waals surface area (Å²) < 4.78 is 38.5. The van der Waals surface area contributed by atoms with Gasteiger partial charge in [-0.3, -0.25) is 4.79 Å². The first-order chi connectivity index (χ1) is 9.81. The Hall–Kier alpha value is -0.690. The van der Waals surface area contributed by atoms with E-state index >= 15 is 0 Å². The van der Waals surface area contributed by atoms with Gasteiger partial charge < -0.3 is 5.32 Å². The zero-order valence-corrected chi connectivity index (χ0v) is 13.7. The molecule has 116 valence electrons. The van der Waals surface area contributed by atoms with Gasteiger partial charge in [0.05, 0.1) is 11.1 Å². The molecule has 21 heavy (non-hydrogen) atoms. The van der Waals surface area contributed by atoms with E-state index in [0.717, 1.165) is 31.4 Å². The first-order valence-corrected chi connectivity index (χ1v) is 8.59. The van der Waals surface area contributed by atoms with Crippen LogP contribution >= 0.6 is 27.7 Å². The first-order valence-electron chi connectivity index (χ1n) is 6.51. The molecule has 0 saturated heterocycles.